The number of alkyl halides is 3. The predicted molar refractivity (Wildman–Crippen MR) is 157 cm³/mol. The quantitative estimate of drug-likeness (QED) is 0.307. The minimum atomic E-state index is -4.53. The van der Waals surface area contributed by atoms with E-state index in [1.165, 1.54) is 48.5 Å². The molecule has 3 aromatic carbocycles. The summed E-state index contributed by atoms with van der Waals surface area (Å²) in [6, 6.07) is 17.7. The summed E-state index contributed by atoms with van der Waals surface area (Å²) in [6.45, 7) is 1.49. The van der Waals surface area contributed by atoms with Gasteiger partial charge in [-0.05, 0) is 60.2 Å². The molecule has 10 nitrogen and oxygen atoms in total. The van der Waals surface area contributed by atoms with E-state index in [0.29, 0.717) is 31.1 Å². The van der Waals surface area contributed by atoms with E-state index in [9.17, 15) is 28.0 Å². The van der Waals surface area contributed by atoms with Gasteiger partial charge in [0.1, 0.15) is 17.6 Å². The van der Waals surface area contributed by atoms with Crippen LogP contribution in [0, 0.1) is 11.3 Å². The summed E-state index contributed by atoms with van der Waals surface area (Å²) < 4.78 is 52.0. The fourth-order valence-corrected chi connectivity index (χ4v) is 5.89. The van der Waals surface area contributed by atoms with Crippen LogP contribution >= 0.6 is 0 Å². The van der Waals surface area contributed by atoms with Crippen molar-refractivity contribution in [2.45, 2.75) is 24.8 Å². The van der Waals surface area contributed by atoms with Gasteiger partial charge in [-0.3, -0.25) is 19.2 Å². The van der Waals surface area contributed by atoms with Crippen LogP contribution in [-0.4, -0.2) is 59.8 Å². The molecule has 6 rings (SSSR count). The Morgan fingerprint density at radius 1 is 1.02 bits per heavy atom. The third-order valence-corrected chi connectivity index (χ3v) is 8.07. The molecule has 1 N–H and O–H groups in total. The Morgan fingerprint density at radius 3 is 2.38 bits per heavy atom. The zero-order valence-electron chi connectivity index (χ0n) is 24.2. The molecule has 230 valence electrons. The summed E-state index contributed by atoms with van der Waals surface area (Å²) >= 11 is 0. The number of ether oxygens (including phenoxy) is 2. The molecule has 3 heterocycles. The van der Waals surface area contributed by atoms with Crippen molar-refractivity contribution < 1.29 is 32.2 Å². The number of nitrogens with one attached hydrogen (secondary N) is 1. The van der Waals surface area contributed by atoms with Crippen molar-refractivity contribution in [3.8, 4) is 17.6 Å². The lowest BCUT2D eigenvalue weighted by atomic mass is 10.0. The minimum Gasteiger partial charge on any atom is -0.497 e. The van der Waals surface area contributed by atoms with Crippen molar-refractivity contribution in [3.05, 3.63) is 101 Å². The zero-order chi connectivity index (χ0) is 31.9. The SMILES string of the molecule is COc1ccc(CN2C[C@H]3[C@H](C2)n2ncc(NC(=O)c4ccc(OC)c(C#N)c4)c2C(=O)N3c2ccc(C(F)(F)F)cc2)cc1. The van der Waals surface area contributed by atoms with Crippen LogP contribution in [0.25, 0.3) is 0 Å². The van der Waals surface area contributed by atoms with Gasteiger partial charge in [0, 0.05) is 30.9 Å². The molecule has 13 heteroatoms. The summed E-state index contributed by atoms with van der Waals surface area (Å²) in [5, 5.41) is 16.7. The van der Waals surface area contributed by atoms with E-state index in [0.717, 1.165) is 23.4 Å². The number of aromatic nitrogens is 2. The van der Waals surface area contributed by atoms with Crippen LogP contribution < -0.4 is 19.7 Å². The highest BCUT2D eigenvalue weighted by atomic mass is 19.4. The highest BCUT2D eigenvalue weighted by molar-refractivity contribution is 6.13. The molecule has 0 bridgehead atoms. The molecule has 4 aromatic rings. The van der Waals surface area contributed by atoms with Gasteiger partial charge in [0.15, 0.2) is 5.69 Å². The normalized spacial score (nSPS) is 17.8. The molecule has 0 radical (unpaired) electrons. The largest absolute Gasteiger partial charge is 0.497 e. The number of amides is 2. The van der Waals surface area contributed by atoms with E-state index in [2.05, 4.69) is 15.3 Å². The second-order valence-corrected chi connectivity index (χ2v) is 10.7. The predicted octanol–water partition coefficient (Wildman–Crippen LogP) is 5.13. The highest BCUT2D eigenvalue weighted by Gasteiger charge is 2.48. The third kappa shape index (κ3) is 5.56. The van der Waals surface area contributed by atoms with Crippen molar-refractivity contribution in [1.29, 1.82) is 5.26 Å². The van der Waals surface area contributed by atoms with E-state index >= 15 is 0 Å². The number of benzene rings is 3. The first-order valence-electron chi connectivity index (χ1n) is 13.9. The van der Waals surface area contributed by atoms with E-state index in [-0.39, 0.29) is 28.6 Å². The number of nitriles is 1. The van der Waals surface area contributed by atoms with Gasteiger partial charge in [0.05, 0.1) is 49.3 Å². The van der Waals surface area contributed by atoms with Crippen LogP contribution in [-0.2, 0) is 12.7 Å². The van der Waals surface area contributed by atoms with Crippen LogP contribution in [0.2, 0.25) is 0 Å². The summed E-state index contributed by atoms with van der Waals surface area (Å²) in [5.41, 5.74) is 1.07. The van der Waals surface area contributed by atoms with Crippen molar-refractivity contribution in [1.82, 2.24) is 14.7 Å². The number of carbonyl (C=O) groups excluding carboxylic acids is 2. The molecule has 0 saturated carbocycles. The fourth-order valence-electron chi connectivity index (χ4n) is 5.89. The topological polar surface area (TPSA) is 113 Å². The Labute approximate surface area is 256 Å². The van der Waals surface area contributed by atoms with Gasteiger partial charge in [-0.1, -0.05) is 12.1 Å². The zero-order valence-corrected chi connectivity index (χ0v) is 24.2. The van der Waals surface area contributed by atoms with E-state index in [4.69, 9.17) is 9.47 Å². The maximum Gasteiger partial charge on any atom is 0.416 e. The Bertz CT molecular complexity index is 1800. The number of methoxy groups -OCH3 is 2. The summed E-state index contributed by atoms with van der Waals surface area (Å²) in [7, 11) is 3.00. The maximum atomic E-state index is 14.2. The molecule has 1 fully saturated rings. The lowest BCUT2D eigenvalue weighted by Crippen LogP contribution is -2.51. The van der Waals surface area contributed by atoms with Gasteiger partial charge in [-0.15, -0.1) is 0 Å². The molecule has 2 atom stereocenters. The van der Waals surface area contributed by atoms with Crippen LogP contribution in [0.3, 0.4) is 0 Å². The molecule has 1 saturated heterocycles. The Balaban J connectivity index is 1.34. The average molecular weight is 617 g/mol. The Morgan fingerprint density at radius 2 is 1.73 bits per heavy atom. The third-order valence-electron chi connectivity index (χ3n) is 8.07. The number of nitrogens with zero attached hydrogens (tertiary/aromatic N) is 5. The van der Waals surface area contributed by atoms with Crippen LogP contribution in [0.4, 0.5) is 24.5 Å². The fraction of sp³-hybridized carbons (Fsp3) is 0.250. The first kappa shape index (κ1) is 29.7. The number of fused-ring (bicyclic) bond motifs is 3. The summed E-state index contributed by atoms with van der Waals surface area (Å²) in [5.74, 6) is -0.0518. The molecule has 0 aliphatic carbocycles. The number of halogens is 3. The lowest BCUT2D eigenvalue weighted by molar-refractivity contribution is -0.137. The second-order valence-electron chi connectivity index (χ2n) is 10.7. The number of anilines is 2. The number of carbonyl (C=O) groups is 2. The van der Waals surface area contributed by atoms with Gasteiger partial charge >= 0.3 is 6.18 Å². The molecular weight excluding hydrogens is 589 g/mol. The van der Waals surface area contributed by atoms with Crippen LogP contribution in [0.5, 0.6) is 11.5 Å². The first-order chi connectivity index (χ1) is 21.6. The Kier molecular flexibility index (Phi) is 7.68. The molecule has 2 aliphatic rings. The van der Waals surface area contributed by atoms with E-state index in [1.807, 2.05) is 30.3 Å². The van der Waals surface area contributed by atoms with Crippen molar-refractivity contribution in [2.24, 2.45) is 0 Å². The number of likely N-dealkylation sites (tertiary alicyclic amines) is 1. The molecule has 0 spiro atoms. The molecule has 2 amide bonds. The van der Waals surface area contributed by atoms with Gasteiger partial charge in [-0.2, -0.15) is 23.5 Å². The second kappa shape index (κ2) is 11.6. The standard InChI is InChI=1S/C32H27F3N6O4/c1-44-24-10-3-19(4-11-24)16-39-17-26-27(18-39)41-29(31(43)40(26)23-8-6-22(7-9-23)32(33,34)35)25(15-37-41)38-30(42)20-5-12-28(45-2)21(13-20)14-36/h3-13,15,26-27H,16-18H2,1-2H3,(H,38,42)/t26-,27-/m0/s1. The van der Waals surface area contributed by atoms with E-state index < -0.39 is 29.6 Å². The molecule has 0 unspecified atom stereocenters. The maximum absolute atomic E-state index is 14.2. The highest BCUT2D eigenvalue weighted by Crippen LogP contribution is 2.40. The number of rotatable bonds is 7. The van der Waals surface area contributed by atoms with Gasteiger partial charge in [-0.25, -0.2) is 0 Å². The number of hydrogen-bond donors (Lipinski definition) is 1. The monoisotopic (exact) mass is 616 g/mol. The molecule has 45 heavy (non-hydrogen) atoms. The van der Waals surface area contributed by atoms with Gasteiger partial charge in [0.25, 0.3) is 11.8 Å². The van der Waals surface area contributed by atoms with Crippen molar-refractivity contribution >= 4 is 23.2 Å². The molecule has 2 aliphatic heterocycles. The molecular formula is C32H27F3N6O4. The first-order valence-corrected chi connectivity index (χ1v) is 13.9. The minimum absolute atomic E-state index is 0.102. The van der Waals surface area contributed by atoms with Crippen molar-refractivity contribution in [3.63, 3.8) is 0 Å². The summed E-state index contributed by atoms with van der Waals surface area (Å²) in [6.07, 6.45) is -3.14. The van der Waals surface area contributed by atoms with Crippen LogP contribution in [0.15, 0.2) is 72.9 Å². The lowest BCUT2D eigenvalue weighted by Gasteiger charge is -2.37. The molecule has 1 aromatic heterocycles. The van der Waals surface area contributed by atoms with Gasteiger partial charge < -0.3 is 19.7 Å². The van der Waals surface area contributed by atoms with E-state index in [1.54, 1.807) is 11.8 Å². The summed E-state index contributed by atoms with van der Waals surface area (Å²) in [4.78, 5) is 31.0. The van der Waals surface area contributed by atoms with Gasteiger partial charge in [0.2, 0.25) is 0 Å². The Hall–Kier alpha value is -5.35. The average Bonchev–Trinajstić information content (AvgIpc) is 3.65. The smallest absolute Gasteiger partial charge is 0.416 e. The number of hydrogen-bond acceptors (Lipinski definition) is 7. The van der Waals surface area contributed by atoms with Crippen LogP contribution in [0.1, 0.15) is 43.6 Å². The van der Waals surface area contributed by atoms with Crippen molar-refractivity contribution in [2.75, 3.05) is 37.5 Å².